The molecular weight excluding hydrogens is 288 g/mol. The van der Waals surface area contributed by atoms with Crippen LogP contribution in [0.3, 0.4) is 0 Å². The van der Waals surface area contributed by atoms with Crippen molar-refractivity contribution >= 4 is 15.7 Å². The first-order chi connectivity index (χ1) is 9.93. The number of carbonyl (C=O) groups is 1. The van der Waals surface area contributed by atoms with Crippen molar-refractivity contribution in [2.24, 2.45) is 5.73 Å². The van der Waals surface area contributed by atoms with Crippen LogP contribution in [0.1, 0.15) is 21.5 Å². The smallest absolute Gasteiger partial charge is 0.253 e. The molecule has 21 heavy (non-hydrogen) atoms. The number of benzene rings is 1. The molecule has 0 aromatic heterocycles. The van der Waals surface area contributed by atoms with Crippen molar-refractivity contribution in [3.63, 3.8) is 0 Å². The third-order valence-electron chi connectivity index (χ3n) is 3.43. The van der Waals surface area contributed by atoms with E-state index in [1.807, 2.05) is 6.92 Å². The van der Waals surface area contributed by atoms with E-state index in [-0.39, 0.29) is 30.5 Å². The quantitative estimate of drug-likeness (QED) is 0.750. The number of amides is 1. The van der Waals surface area contributed by atoms with Crippen molar-refractivity contribution in [1.29, 1.82) is 0 Å². The highest BCUT2D eigenvalue weighted by Crippen LogP contribution is 2.14. The van der Waals surface area contributed by atoms with Crippen LogP contribution in [0.15, 0.2) is 18.2 Å². The van der Waals surface area contributed by atoms with E-state index in [9.17, 15) is 13.2 Å². The monoisotopic (exact) mass is 306 g/mol. The van der Waals surface area contributed by atoms with Gasteiger partial charge in [-0.15, -0.1) is 0 Å². The van der Waals surface area contributed by atoms with Gasteiger partial charge < -0.3 is 10.6 Å². The number of sulfone groups is 1. The van der Waals surface area contributed by atoms with Crippen LogP contribution in [0.5, 0.6) is 0 Å². The Labute approximate surface area is 125 Å². The van der Waals surface area contributed by atoms with Gasteiger partial charge in [-0.05, 0) is 30.7 Å². The highest BCUT2D eigenvalue weighted by molar-refractivity contribution is 7.91. The molecule has 2 rings (SSSR count). The van der Waals surface area contributed by atoms with Gasteiger partial charge in [-0.2, -0.15) is 0 Å². The summed E-state index contributed by atoms with van der Waals surface area (Å²) < 4.78 is 22.8. The number of nitrogens with zero attached hydrogens (tertiary/aromatic N) is 1. The number of rotatable bonds is 1. The maximum absolute atomic E-state index is 12.4. The summed E-state index contributed by atoms with van der Waals surface area (Å²) in [4.78, 5) is 13.9. The molecular formula is C15H18N2O3S. The summed E-state index contributed by atoms with van der Waals surface area (Å²) in [6.45, 7) is 2.70. The Bertz CT molecular complexity index is 700. The molecule has 1 fully saturated rings. The number of nitrogens with two attached hydrogens (primary N) is 1. The summed E-state index contributed by atoms with van der Waals surface area (Å²) in [5.74, 6) is 5.68. The van der Waals surface area contributed by atoms with Gasteiger partial charge in [0.2, 0.25) is 0 Å². The van der Waals surface area contributed by atoms with Gasteiger partial charge in [0, 0.05) is 24.2 Å². The Balaban J connectivity index is 2.15. The highest BCUT2D eigenvalue weighted by Gasteiger charge is 2.25. The molecule has 1 aliphatic heterocycles. The zero-order valence-corrected chi connectivity index (χ0v) is 12.7. The Hall–Kier alpha value is -1.84. The van der Waals surface area contributed by atoms with E-state index in [1.54, 1.807) is 23.1 Å². The van der Waals surface area contributed by atoms with E-state index in [1.165, 1.54) is 0 Å². The van der Waals surface area contributed by atoms with E-state index in [2.05, 4.69) is 11.8 Å². The summed E-state index contributed by atoms with van der Waals surface area (Å²) in [7, 11) is -2.98. The van der Waals surface area contributed by atoms with Crippen LogP contribution in [0.25, 0.3) is 0 Å². The minimum atomic E-state index is -2.98. The molecule has 5 nitrogen and oxygen atoms in total. The van der Waals surface area contributed by atoms with E-state index in [0.29, 0.717) is 12.1 Å². The molecule has 1 aliphatic rings. The van der Waals surface area contributed by atoms with E-state index in [0.717, 1.165) is 11.1 Å². The molecule has 6 heteroatoms. The molecule has 0 saturated carbocycles. The van der Waals surface area contributed by atoms with Gasteiger partial charge in [0.05, 0.1) is 18.1 Å². The van der Waals surface area contributed by atoms with Crippen LogP contribution >= 0.6 is 0 Å². The first-order valence-electron chi connectivity index (χ1n) is 6.72. The van der Waals surface area contributed by atoms with Crippen molar-refractivity contribution in [3.05, 3.63) is 34.9 Å². The van der Waals surface area contributed by atoms with Gasteiger partial charge in [0.15, 0.2) is 9.84 Å². The molecule has 1 aromatic rings. The molecule has 0 bridgehead atoms. The lowest BCUT2D eigenvalue weighted by Gasteiger charge is -2.26. The van der Waals surface area contributed by atoms with Crippen LogP contribution in [0, 0.1) is 18.8 Å². The van der Waals surface area contributed by atoms with E-state index < -0.39 is 9.84 Å². The fraction of sp³-hybridized carbons (Fsp3) is 0.400. The maximum atomic E-state index is 12.4. The molecule has 0 spiro atoms. The number of hydrogen-bond acceptors (Lipinski definition) is 4. The van der Waals surface area contributed by atoms with Gasteiger partial charge in [-0.1, -0.05) is 11.8 Å². The molecule has 0 radical (unpaired) electrons. The average molecular weight is 306 g/mol. The molecule has 0 unspecified atom stereocenters. The predicted molar refractivity (Wildman–Crippen MR) is 81.7 cm³/mol. The Kier molecular flexibility index (Phi) is 4.66. The maximum Gasteiger partial charge on any atom is 0.253 e. The Morgan fingerprint density at radius 3 is 2.57 bits per heavy atom. The molecule has 2 N–H and O–H groups in total. The third-order valence-corrected chi connectivity index (χ3v) is 5.04. The highest BCUT2D eigenvalue weighted by atomic mass is 32.2. The summed E-state index contributed by atoms with van der Waals surface area (Å²) in [6.07, 6.45) is 0. The van der Waals surface area contributed by atoms with Gasteiger partial charge in [-0.3, -0.25) is 4.79 Å². The summed E-state index contributed by atoms with van der Waals surface area (Å²) in [5.41, 5.74) is 7.66. The lowest BCUT2D eigenvalue weighted by atomic mass is 10.0. The first-order valence-corrected chi connectivity index (χ1v) is 8.54. The van der Waals surface area contributed by atoms with Crippen molar-refractivity contribution in [3.8, 4) is 11.8 Å². The topological polar surface area (TPSA) is 80.5 Å². The van der Waals surface area contributed by atoms with Crippen LogP contribution in [0.2, 0.25) is 0 Å². The number of carbonyl (C=O) groups excluding carboxylic acids is 1. The minimum absolute atomic E-state index is 0.0395. The predicted octanol–water partition coefficient (Wildman–Crippen LogP) is 0.176. The van der Waals surface area contributed by atoms with Gasteiger partial charge >= 0.3 is 0 Å². The van der Waals surface area contributed by atoms with Gasteiger partial charge in [0.25, 0.3) is 5.91 Å². The van der Waals surface area contributed by atoms with E-state index in [4.69, 9.17) is 5.73 Å². The van der Waals surface area contributed by atoms with Crippen molar-refractivity contribution < 1.29 is 13.2 Å². The molecule has 1 amide bonds. The number of aryl methyl sites for hydroxylation is 1. The second-order valence-corrected chi connectivity index (χ2v) is 7.28. The minimum Gasteiger partial charge on any atom is -0.337 e. The average Bonchev–Trinajstić information content (AvgIpc) is 2.45. The van der Waals surface area contributed by atoms with Crippen molar-refractivity contribution in [2.45, 2.75) is 6.92 Å². The Morgan fingerprint density at radius 2 is 2.00 bits per heavy atom. The third kappa shape index (κ3) is 3.84. The standard InChI is InChI=1S/C15H18N2O3S/c1-12-11-14(5-4-13(12)3-2-6-16)15(18)17-7-9-21(19,20)10-8-17/h4-5,11H,6-10,16H2,1H3. The molecule has 1 saturated heterocycles. The fourth-order valence-corrected chi connectivity index (χ4v) is 3.38. The molecule has 0 aliphatic carbocycles. The van der Waals surface area contributed by atoms with Crippen LogP contribution in [-0.2, 0) is 9.84 Å². The summed E-state index contributed by atoms with van der Waals surface area (Å²) in [5, 5.41) is 0. The van der Waals surface area contributed by atoms with Gasteiger partial charge in [0.1, 0.15) is 0 Å². The van der Waals surface area contributed by atoms with Crippen LogP contribution in [-0.4, -0.2) is 50.4 Å². The van der Waals surface area contributed by atoms with Crippen LogP contribution < -0.4 is 5.73 Å². The molecule has 0 atom stereocenters. The van der Waals surface area contributed by atoms with E-state index >= 15 is 0 Å². The second-order valence-electron chi connectivity index (χ2n) is 4.98. The Morgan fingerprint density at radius 1 is 1.33 bits per heavy atom. The first kappa shape index (κ1) is 15.5. The SMILES string of the molecule is Cc1cc(C(=O)N2CCS(=O)(=O)CC2)ccc1C#CCN. The number of hydrogen-bond donors (Lipinski definition) is 1. The van der Waals surface area contributed by atoms with Crippen LogP contribution in [0.4, 0.5) is 0 Å². The van der Waals surface area contributed by atoms with Gasteiger partial charge in [-0.25, -0.2) is 8.42 Å². The molecule has 112 valence electrons. The van der Waals surface area contributed by atoms with Crippen molar-refractivity contribution in [2.75, 3.05) is 31.1 Å². The fourth-order valence-electron chi connectivity index (χ4n) is 2.18. The second kappa shape index (κ2) is 6.29. The lowest BCUT2D eigenvalue weighted by Crippen LogP contribution is -2.43. The normalized spacial score (nSPS) is 17.0. The largest absolute Gasteiger partial charge is 0.337 e. The molecule has 1 aromatic carbocycles. The molecule has 1 heterocycles. The summed E-state index contributed by atoms with van der Waals surface area (Å²) in [6, 6.07) is 5.30. The zero-order chi connectivity index (χ0) is 15.5. The zero-order valence-electron chi connectivity index (χ0n) is 11.9. The lowest BCUT2D eigenvalue weighted by molar-refractivity contribution is 0.0770. The van der Waals surface area contributed by atoms with Crippen molar-refractivity contribution in [1.82, 2.24) is 4.90 Å². The summed E-state index contributed by atoms with van der Waals surface area (Å²) >= 11 is 0.